The predicted octanol–water partition coefficient (Wildman–Crippen LogP) is 6.22. The number of amides is 1. The van der Waals surface area contributed by atoms with Crippen molar-refractivity contribution in [2.24, 2.45) is 4.99 Å². The van der Waals surface area contributed by atoms with E-state index in [0.717, 1.165) is 40.4 Å². The number of amidine groups is 1. The Hall–Kier alpha value is -1.38. The molecule has 1 aromatic rings. The molecule has 0 saturated heterocycles. The van der Waals surface area contributed by atoms with Gasteiger partial charge in [-0.05, 0) is 55.5 Å². The standard InChI is InChI=1S/C23H28Br2N2O3S/c1-5-6-21(26-12-14(2)18-8-9-19(25)22(29)23(18)31)27(15(3)28)13-16-11-17(24)7-10-20(16)30-4/h7,10-12,19,31H,5-6,8-9,13H2,1-4H3/b14-12+,26-21?. The summed E-state index contributed by atoms with van der Waals surface area (Å²) in [4.78, 5) is 31.4. The van der Waals surface area contributed by atoms with E-state index < -0.39 is 0 Å². The smallest absolute Gasteiger partial charge is 0.225 e. The van der Waals surface area contributed by atoms with E-state index in [1.807, 2.05) is 32.0 Å². The number of hydrogen-bond donors (Lipinski definition) is 1. The fourth-order valence-electron chi connectivity index (χ4n) is 3.37. The van der Waals surface area contributed by atoms with Crippen LogP contribution in [0.2, 0.25) is 0 Å². The summed E-state index contributed by atoms with van der Waals surface area (Å²) in [5.74, 6) is 1.30. The van der Waals surface area contributed by atoms with Gasteiger partial charge in [-0.3, -0.25) is 14.5 Å². The fraction of sp³-hybridized carbons (Fsp3) is 0.435. The first kappa shape index (κ1) is 25.9. The highest BCUT2D eigenvalue weighted by molar-refractivity contribution is 9.10. The third kappa shape index (κ3) is 6.80. The monoisotopic (exact) mass is 570 g/mol. The minimum Gasteiger partial charge on any atom is -0.496 e. The van der Waals surface area contributed by atoms with Gasteiger partial charge in [-0.1, -0.05) is 38.8 Å². The summed E-state index contributed by atoms with van der Waals surface area (Å²) in [5.41, 5.74) is 2.68. The molecule has 0 aliphatic heterocycles. The van der Waals surface area contributed by atoms with Gasteiger partial charge in [0.1, 0.15) is 11.6 Å². The molecule has 1 unspecified atom stereocenters. The van der Waals surface area contributed by atoms with Crippen LogP contribution in [0.3, 0.4) is 0 Å². The number of benzene rings is 1. The number of halogens is 2. The van der Waals surface area contributed by atoms with Crippen molar-refractivity contribution < 1.29 is 14.3 Å². The molecule has 1 aliphatic rings. The van der Waals surface area contributed by atoms with Crippen LogP contribution in [-0.2, 0) is 16.1 Å². The lowest BCUT2D eigenvalue weighted by atomic mass is 9.93. The molecule has 0 fully saturated rings. The Bertz CT molecular complexity index is 941. The number of ketones is 1. The molecule has 0 N–H and O–H groups in total. The quantitative estimate of drug-likeness (QED) is 0.183. The Morgan fingerprint density at radius 1 is 1.39 bits per heavy atom. The van der Waals surface area contributed by atoms with E-state index >= 15 is 0 Å². The Morgan fingerprint density at radius 3 is 2.71 bits per heavy atom. The van der Waals surface area contributed by atoms with E-state index in [1.165, 1.54) is 6.92 Å². The summed E-state index contributed by atoms with van der Waals surface area (Å²) in [6, 6.07) is 5.72. The van der Waals surface area contributed by atoms with Crippen molar-refractivity contribution in [3.63, 3.8) is 0 Å². The van der Waals surface area contributed by atoms with Gasteiger partial charge in [0.05, 0.1) is 23.4 Å². The second-order valence-corrected chi connectivity index (χ2v) is 9.83. The van der Waals surface area contributed by atoms with E-state index in [-0.39, 0.29) is 16.5 Å². The molecule has 0 aromatic heterocycles. The summed E-state index contributed by atoms with van der Waals surface area (Å²) in [5, 5.41) is 0. The van der Waals surface area contributed by atoms with Gasteiger partial charge in [-0.2, -0.15) is 0 Å². The molecule has 168 valence electrons. The average Bonchev–Trinajstić information content (AvgIpc) is 2.73. The maximum absolute atomic E-state index is 12.5. The van der Waals surface area contributed by atoms with Crippen molar-refractivity contribution in [2.75, 3.05) is 7.11 Å². The number of thiol groups is 1. The first-order valence-electron chi connectivity index (χ1n) is 10.1. The lowest BCUT2D eigenvalue weighted by Crippen LogP contribution is -2.34. The number of carbonyl (C=O) groups excluding carboxylic acids is 2. The maximum atomic E-state index is 12.5. The molecular weight excluding hydrogens is 544 g/mol. The van der Waals surface area contributed by atoms with Gasteiger partial charge in [-0.25, -0.2) is 4.99 Å². The van der Waals surface area contributed by atoms with Gasteiger partial charge in [-0.15, -0.1) is 12.6 Å². The van der Waals surface area contributed by atoms with Gasteiger partial charge in [0.2, 0.25) is 5.91 Å². The van der Waals surface area contributed by atoms with Crippen molar-refractivity contribution in [1.82, 2.24) is 4.90 Å². The number of ether oxygens (including phenoxy) is 1. The number of methoxy groups -OCH3 is 1. The number of rotatable bonds is 7. The van der Waals surface area contributed by atoms with Gasteiger partial charge in [0.25, 0.3) is 0 Å². The molecule has 5 nitrogen and oxygen atoms in total. The highest BCUT2D eigenvalue weighted by Gasteiger charge is 2.26. The van der Waals surface area contributed by atoms with Gasteiger partial charge < -0.3 is 4.74 Å². The number of aliphatic imine (C=N–C) groups is 1. The molecule has 8 heteroatoms. The molecule has 31 heavy (non-hydrogen) atoms. The van der Waals surface area contributed by atoms with E-state index in [0.29, 0.717) is 29.5 Å². The molecule has 2 rings (SSSR count). The van der Waals surface area contributed by atoms with E-state index in [2.05, 4.69) is 49.5 Å². The van der Waals surface area contributed by atoms with Crippen molar-refractivity contribution in [1.29, 1.82) is 0 Å². The summed E-state index contributed by atoms with van der Waals surface area (Å²) < 4.78 is 6.38. The Balaban J connectivity index is 2.40. The Morgan fingerprint density at radius 2 is 2.10 bits per heavy atom. The Kier molecular flexibility index (Phi) is 10.0. The summed E-state index contributed by atoms with van der Waals surface area (Å²) in [6.07, 6.45) is 4.72. The summed E-state index contributed by atoms with van der Waals surface area (Å²) in [6.45, 7) is 5.87. The number of alkyl halides is 1. The molecule has 0 saturated carbocycles. The predicted molar refractivity (Wildman–Crippen MR) is 136 cm³/mol. The van der Waals surface area contributed by atoms with Crippen LogP contribution in [0.4, 0.5) is 0 Å². The highest BCUT2D eigenvalue weighted by atomic mass is 79.9. The van der Waals surface area contributed by atoms with Crippen LogP contribution in [0, 0.1) is 0 Å². The van der Waals surface area contributed by atoms with E-state index in [4.69, 9.17) is 4.74 Å². The zero-order chi connectivity index (χ0) is 23.1. The molecule has 1 aromatic carbocycles. The minimum absolute atomic E-state index is 0.00204. The molecule has 1 amide bonds. The molecule has 0 spiro atoms. The van der Waals surface area contributed by atoms with Gasteiger partial charge in [0, 0.05) is 29.6 Å². The molecule has 1 atom stereocenters. The zero-order valence-corrected chi connectivity index (χ0v) is 22.3. The topological polar surface area (TPSA) is 59.0 Å². The SMILES string of the molecule is CCCC(=N/C=C(\C)C1=C(S)C(=O)C(Br)CC1)N(Cc1cc(Br)ccc1OC)C(C)=O. The first-order chi connectivity index (χ1) is 14.7. The molecule has 0 radical (unpaired) electrons. The van der Waals surface area contributed by atoms with Crippen LogP contribution in [0.1, 0.15) is 52.0 Å². The van der Waals surface area contributed by atoms with Crippen molar-refractivity contribution in [3.8, 4) is 5.75 Å². The number of allylic oxidation sites excluding steroid dienone is 3. The van der Waals surface area contributed by atoms with Crippen molar-refractivity contribution in [2.45, 2.75) is 57.8 Å². The summed E-state index contributed by atoms with van der Waals surface area (Å²) in [7, 11) is 1.61. The largest absolute Gasteiger partial charge is 0.496 e. The second-order valence-electron chi connectivity index (χ2n) is 7.37. The molecule has 0 bridgehead atoms. The van der Waals surface area contributed by atoms with Gasteiger partial charge in [0.15, 0.2) is 5.78 Å². The maximum Gasteiger partial charge on any atom is 0.225 e. The van der Waals surface area contributed by atoms with Crippen molar-refractivity contribution in [3.05, 3.63) is 50.5 Å². The van der Waals surface area contributed by atoms with Crippen LogP contribution in [-0.4, -0.2) is 34.4 Å². The lowest BCUT2D eigenvalue weighted by molar-refractivity contribution is -0.125. The van der Waals surface area contributed by atoms with E-state index in [1.54, 1.807) is 18.2 Å². The average molecular weight is 572 g/mol. The van der Waals surface area contributed by atoms with Gasteiger partial charge >= 0.3 is 0 Å². The van der Waals surface area contributed by atoms with Crippen LogP contribution < -0.4 is 4.74 Å². The van der Waals surface area contributed by atoms with E-state index in [9.17, 15) is 9.59 Å². The highest BCUT2D eigenvalue weighted by Crippen LogP contribution is 2.33. The molecule has 0 heterocycles. The van der Waals surface area contributed by atoms with Crippen LogP contribution in [0.15, 0.2) is 49.9 Å². The minimum atomic E-state index is -0.177. The molecular formula is C23H28Br2N2O3S. The first-order valence-corrected chi connectivity index (χ1v) is 12.3. The number of Topliss-reactive ketones (excluding diaryl/α,β-unsaturated/α-hetero) is 1. The van der Waals surface area contributed by atoms with Crippen LogP contribution in [0.5, 0.6) is 5.75 Å². The zero-order valence-electron chi connectivity index (χ0n) is 18.2. The van der Waals surface area contributed by atoms with Crippen LogP contribution in [0.25, 0.3) is 0 Å². The third-order valence-corrected chi connectivity index (χ3v) is 6.93. The Labute approximate surface area is 206 Å². The van der Waals surface area contributed by atoms with Crippen LogP contribution >= 0.6 is 44.5 Å². The fourth-order valence-corrected chi connectivity index (χ4v) is 4.86. The summed E-state index contributed by atoms with van der Waals surface area (Å²) >= 11 is 11.3. The number of hydrogen-bond acceptors (Lipinski definition) is 5. The number of carbonyl (C=O) groups is 2. The lowest BCUT2D eigenvalue weighted by Gasteiger charge is -2.24. The third-order valence-electron chi connectivity index (χ3n) is 5.07. The normalized spacial score (nSPS) is 17.8. The second kappa shape index (κ2) is 12.0. The molecule has 1 aliphatic carbocycles. The number of nitrogens with zero attached hydrogens (tertiary/aromatic N) is 2. The van der Waals surface area contributed by atoms with Crippen molar-refractivity contribution >= 4 is 62.0 Å².